The summed E-state index contributed by atoms with van der Waals surface area (Å²) >= 11 is 6.23. The van der Waals surface area contributed by atoms with Crippen LogP contribution < -0.4 is 4.74 Å². The minimum atomic E-state index is -3.01. The van der Waals surface area contributed by atoms with Crippen LogP contribution in [-0.4, -0.2) is 11.0 Å². The second-order valence-corrected chi connectivity index (χ2v) is 8.85. The van der Waals surface area contributed by atoms with Gasteiger partial charge in [0.2, 0.25) is 0 Å². The maximum atomic E-state index is 13.7. The Morgan fingerprint density at radius 3 is 2.57 bits per heavy atom. The molecule has 1 heterocycles. The Morgan fingerprint density at radius 2 is 1.94 bits per heavy atom. The van der Waals surface area contributed by atoms with Crippen molar-refractivity contribution >= 4 is 17.6 Å². The van der Waals surface area contributed by atoms with Gasteiger partial charge in [-0.15, -0.1) is 0 Å². The number of esters is 1. The van der Waals surface area contributed by atoms with Crippen LogP contribution in [0, 0.1) is 6.92 Å². The van der Waals surface area contributed by atoms with Crippen molar-refractivity contribution in [3.8, 4) is 11.5 Å². The van der Waals surface area contributed by atoms with Gasteiger partial charge < -0.3 is 9.47 Å². The SMILES string of the molecule is C=C(C(=O)OCc1cccc(Oc2c(C)cc(C(C)(F)F)cc2Cl)c1)C(CCC)c1ccccn1. The van der Waals surface area contributed by atoms with Crippen LogP contribution >= 0.6 is 11.6 Å². The molecule has 0 aliphatic carbocycles. The molecule has 184 valence electrons. The fraction of sp³-hybridized carbons (Fsp3) is 0.286. The van der Waals surface area contributed by atoms with Crippen molar-refractivity contribution in [1.29, 1.82) is 0 Å². The lowest BCUT2D eigenvalue weighted by Crippen LogP contribution is -2.15. The predicted octanol–water partition coefficient (Wildman–Crippen LogP) is 8.13. The smallest absolute Gasteiger partial charge is 0.334 e. The summed E-state index contributed by atoms with van der Waals surface area (Å²) in [4.78, 5) is 17.1. The fourth-order valence-corrected chi connectivity index (χ4v) is 3.99. The average molecular weight is 500 g/mol. The van der Waals surface area contributed by atoms with Crippen molar-refractivity contribution in [1.82, 2.24) is 4.98 Å². The first-order chi connectivity index (χ1) is 16.6. The summed E-state index contributed by atoms with van der Waals surface area (Å²) < 4.78 is 38.7. The molecule has 0 bridgehead atoms. The number of pyridine rings is 1. The standard InChI is InChI=1S/C28H28ClF2NO3/c1-5-9-23(25-12-6-7-13-32-25)19(3)27(33)34-17-20-10-8-11-22(15-20)35-26-18(2)14-21(16-24(26)29)28(4,30)31/h6-8,10-16,23H,3,5,9,17H2,1-2,4H3. The van der Waals surface area contributed by atoms with Crippen LogP contribution in [0.15, 0.2) is 72.9 Å². The summed E-state index contributed by atoms with van der Waals surface area (Å²) in [5.74, 6) is -2.98. The van der Waals surface area contributed by atoms with Gasteiger partial charge in [0.05, 0.1) is 5.02 Å². The maximum absolute atomic E-state index is 13.7. The Balaban J connectivity index is 1.69. The summed E-state index contributed by atoms with van der Waals surface area (Å²) in [6.45, 7) is 8.50. The predicted molar refractivity (Wildman–Crippen MR) is 133 cm³/mol. The molecular formula is C28H28ClF2NO3. The van der Waals surface area contributed by atoms with E-state index in [1.807, 2.05) is 25.1 Å². The van der Waals surface area contributed by atoms with Crippen molar-refractivity contribution in [3.05, 3.63) is 100 Å². The van der Waals surface area contributed by atoms with Gasteiger partial charge in [0.1, 0.15) is 18.1 Å². The minimum Gasteiger partial charge on any atom is -0.457 e. The van der Waals surface area contributed by atoms with E-state index >= 15 is 0 Å². The van der Waals surface area contributed by atoms with Crippen molar-refractivity contribution in [2.24, 2.45) is 0 Å². The molecule has 35 heavy (non-hydrogen) atoms. The number of ether oxygens (including phenoxy) is 2. The molecule has 3 rings (SSSR count). The molecule has 0 saturated heterocycles. The number of rotatable bonds is 10. The molecular weight excluding hydrogens is 472 g/mol. The molecule has 0 aliphatic rings. The quantitative estimate of drug-likeness (QED) is 0.209. The van der Waals surface area contributed by atoms with Gasteiger partial charge in [-0.2, -0.15) is 0 Å². The third-order valence-corrected chi connectivity index (χ3v) is 5.81. The number of nitrogens with zero attached hydrogens (tertiary/aromatic N) is 1. The van der Waals surface area contributed by atoms with E-state index in [2.05, 4.69) is 11.6 Å². The third kappa shape index (κ3) is 6.89. The van der Waals surface area contributed by atoms with E-state index in [1.54, 1.807) is 37.4 Å². The first kappa shape index (κ1) is 26.4. The molecule has 1 atom stereocenters. The van der Waals surface area contributed by atoms with Crippen LogP contribution in [0.4, 0.5) is 8.78 Å². The average Bonchev–Trinajstić information content (AvgIpc) is 2.83. The van der Waals surface area contributed by atoms with E-state index < -0.39 is 11.9 Å². The number of carbonyl (C=O) groups is 1. The zero-order valence-electron chi connectivity index (χ0n) is 20.0. The maximum Gasteiger partial charge on any atom is 0.334 e. The summed E-state index contributed by atoms with van der Waals surface area (Å²) in [5.41, 5.74) is 2.14. The first-order valence-corrected chi connectivity index (χ1v) is 11.7. The Hall–Kier alpha value is -3.25. The largest absolute Gasteiger partial charge is 0.457 e. The Kier molecular flexibility index (Phi) is 8.62. The van der Waals surface area contributed by atoms with Crippen molar-refractivity contribution in [3.63, 3.8) is 0 Å². The molecule has 0 spiro atoms. The lowest BCUT2D eigenvalue weighted by Gasteiger charge is -2.18. The Morgan fingerprint density at radius 1 is 1.17 bits per heavy atom. The molecule has 1 unspecified atom stereocenters. The van der Waals surface area contributed by atoms with Crippen molar-refractivity contribution in [2.75, 3.05) is 0 Å². The number of carbonyl (C=O) groups excluding carboxylic acids is 1. The van der Waals surface area contributed by atoms with Crippen LogP contribution in [0.3, 0.4) is 0 Å². The molecule has 0 radical (unpaired) electrons. The van der Waals surface area contributed by atoms with Gasteiger partial charge in [0, 0.05) is 35.9 Å². The summed E-state index contributed by atoms with van der Waals surface area (Å²) in [5, 5.41) is 0.0890. The molecule has 2 aromatic carbocycles. The molecule has 0 N–H and O–H groups in total. The van der Waals surface area contributed by atoms with E-state index in [4.69, 9.17) is 21.1 Å². The highest BCUT2D eigenvalue weighted by molar-refractivity contribution is 6.32. The lowest BCUT2D eigenvalue weighted by molar-refractivity contribution is -0.140. The Labute approximate surface area is 209 Å². The van der Waals surface area contributed by atoms with Gasteiger partial charge in [-0.05, 0) is 60.9 Å². The summed E-state index contributed by atoms with van der Waals surface area (Å²) in [6.07, 6.45) is 3.29. The van der Waals surface area contributed by atoms with Gasteiger partial charge in [0.25, 0.3) is 5.92 Å². The number of hydrogen-bond acceptors (Lipinski definition) is 4. The normalized spacial score (nSPS) is 12.2. The molecule has 4 nitrogen and oxygen atoms in total. The highest BCUT2D eigenvalue weighted by Crippen LogP contribution is 2.38. The van der Waals surface area contributed by atoms with Crippen LogP contribution in [0.2, 0.25) is 5.02 Å². The fourth-order valence-electron chi connectivity index (χ4n) is 3.69. The molecule has 0 fully saturated rings. The number of alkyl halides is 2. The molecule has 7 heteroatoms. The summed E-state index contributed by atoms with van der Waals surface area (Å²) in [6, 6.07) is 15.1. The van der Waals surface area contributed by atoms with Gasteiger partial charge in [-0.3, -0.25) is 4.98 Å². The molecule has 0 aliphatic heterocycles. The second-order valence-electron chi connectivity index (χ2n) is 8.44. The van der Waals surface area contributed by atoms with Gasteiger partial charge in [-0.25, -0.2) is 13.6 Å². The van der Waals surface area contributed by atoms with Crippen molar-refractivity contribution < 1.29 is 23.0 Å². The van der Waals surface area contributed by atoms with E-state index in [-0.39, 0.29) is 23.1 Å². The van der Waals surface area contributed by atoms with Crippen LogP contribution in [0.1, 0.15) is 55.0 Å². The monoisotopic (exact) mass is 499 g/mol. The first-order valence-electron chi connectivity index (χ1n) is 11.3. The zero-order valence-corrected chi connectivity index (χ0v) is 20.7. The van der Waals surface area contributed by atoms with Gasteiger partial charge in [0.15, 0.2) is 0 Å². The third-order valence-electron chi connectivity index (χ3n) is 5.53. The van der Waals surface area contributed by atoms with E-state index in [0.29, 0.717) is 28.2 Å². The van der Waals surface area contributed by atoms with Crippen LogP contribution in [0.25, 0.3) is 0 Å². The number of halogens is 3. The molecule has 3 aromatic rings. The van der Waals surface area contributed by atoms with Gasteiger partial charge >= 0.3 is 5.97 Å². The highest BCUT2D eigenvalue weighted by atomic mass is 35.5. The molecule has 1 aromatic heterocycles. The summed E-state index contributed by atoms with van der Waals surface area (Å²) in [7, 11) is 0. The highest BCUT2D eigenvalue weighted by Gasteiger charge is 2.26. The second kappa shape index (κ2) is 11.5. The molecule has 0 saturated carbocycles. The van der Waals surface area contributed by atoms with Gasteiger partial charge in [-0.1, -0.05) is 49.7 Å². The number of hydrogen-bond donors (Lipinski definition) is 0. The van der Waals surface area contributed by atoms with Crippen LogP contribution in [0.5, 0.6) is 11.5 Å². The number of benzene rings is 2. The van der Waals surface area contributed by atoms with E-state index in [9.17, 15) is 13.6 Å². The number of aryl methyl sites for hydroxylation is 1. The number of aromatic nitrogens is 1. The van der Waals surface area contributed by atoms with E-state index in [1.165, 1.54) is 12.1 Å². The molecule has 0 amide bonds. The van der Waals surface area contributed by atoms with Crippen molar-refractivity contribution in [2.45, 2.75) is 52.1 Å². The Bertz CT molecular complexity index is 1170. The topological polar surface area (TPSA) is 48.4 Å². The van der Waals surface area contributed by atoms with Crippen LogP contribution in [-0.2, 0) is 22.1 Å². The lowest BCUT2D eigenvalue weighted by atomic mass is 9.91. The zero-order chi connectivity index (χ0) is 25.6. The van der Waals surface area contributed by atoms with E-state index in [0.717, 1.165) is 25.5 Å². The minimum absolute atomic E-state index is 0.0177.